The highest BCUT2D eigenvalue weighted by molar-refractivity contribution is 7.17. The zero-order valence-corrected chi connectivity index (χ0v) is 17.5. The number of hydrogen-bond donors (Lipinski definition) is 0. The lowest BCUT2D eigenvalue weighted by Gasteiger charge is -2.21. The van der Waals surface area contributed by atoms with Gasteiger partial charge in [-0.25, -0.2) is 4.98 Å². The number of hydrazone groups is 1. The number of amides is 1. The van der Waals surface area contributed by atoms with Crippen molar-refractivity contribution in [1.29, 1.82) is 0 Å². The highest BCUT2D eigenvalue weighted by atomic mass is 32.1. The minimum atomic E-state index is -0.678. The third kappa shape index (κ3) is 3.61. The van der Waals surface area contributed by atoms with Crippen LogP contribution in [0.15, 0.2) is 53.6 Å². The van der Waals surface area contributed by atoms with Crippen molar-refractivity contribution >= 4 is 23.1 Å². The van der Waals surface area contributed by atoms with Crippen LogP contribution in [-0.2, 0) is 9.53 Å². The average Bonchev–Trinajstić information content (AvgIpc) is 3.32. The van der Waals surface area contributed by atoms with E-state index in [2.05, 4.69) is 29.1 Å². The number of hydrogen-bond acceptors (Lipinski definition) is 6. The zero-order chi connectivity index (χ0) is 20.5. The summed E-state index contributed by atoms with van der Waals surface area (Å²) in [6.45, 7) is 5.44. The number of ether oxygens (including phenoxy) is 2. The van der Waals surface area contributed by atoms with Crippen molar-refractivity contribution in [1.82, 2.24) is 9.99 Å². The number of carbonyl (C=O) groups excluding carboxylic acids is 1. The maximum absolute atomic E-state index is 12.2. The molecule has 6 nitrogen and oxygen atoms in total. The molecule has 2 heterocycles. The Kier molecular flexibility index (Phi) is 5.07. The molecule has 7 heteroatoms. The largest absolute Gasteiger partial charge is 0.496 e. The van der Waals surface area contributed by atoms with E-state index in [1.165, 1.54) is 28.8 Å². The SMILES string of the molecule is COc1ccccc1C1OC(c2sc(-c3ccc(C)cc3)nc2C)=NN1C(C)=O. The Morgan fingerprint density at radius 2 is 1.86 bits per heavy atom. The molecule has 0 fully saturated rings. The quantitative estimate of drug-likeness (QED) is 0.630. The standard InChI is InChI=1S/C22H21N3O3S/c1-13-9-11-16(12-10-13)21-23-14(2)19(29-21)20-24-25(15(3)26)22(28-20)17-7-5-6-8-18(17)27-4/h5-12,22H,1-4H3. The molecule has 29 heavy (non-hydrogen) atoms. The Labute approximate surface area is 173 Å². The van der Waals surface area contributed by atoms with Gasteiger partial charge < -0.3 is 9.47 Å². The number of aromatic nitrogens is 1. The minimum absolute atomic E-state index is 0.211. The summed E-state index contributed by atoms with van der Waals surface area (Å²) in [6, 6.07) is 15.7. The van der Waals surface area contributed by atoms with E-state index >= 15 is 0 Å². The van der Waals surface area contributed by atoms with Crippen molar-refractivity contribution in [2.75, 3.05) is 7.11 Å². The van der Waals surface area contributed by atoms with Gasteiger partial charge in [-0.2, -0.15) is 5.01 Å². The van der Waals surface area contributed by atoms with Crippen LogP contribution in [0.4, 0.5) is 0 Å². The van der Waals surface area contributed by atoms with Gasteiger partial charge in [-0.3, -0.25) is 4.79 Å². The topological polar surface area (TPSA) is 64.0 Å². The molecule has 1 unspecified atom stereocenters. The number of rotatable bonds is 4. The van der Waals surface area contributed by atoms with Gasteiger partial charge in [0.2, 0.25) is 12.1 Å². The molecule has 0 radical (unpaired) electrons. The fourth-order valence-corrected chi connectivity index (χ4v) is 4.14. The monoisotopic (exact) mass is 407 g/mol. The number of methoxy groups -OCH3 is 1. The molecule has 0 N–H and O–H groups in total. The molecule has 0 aliphatic carbocycles. The van der Waals surface area contributed by atoms with Crippen LogP contribution in [0.3, 0.4) is 0 Å². The Morgan fingerprint density at radius 3 is 2.55 bits per heavy atom. The normalized spacial score (nSPS) is 15.8. The van der Waals surface area contributed by atoms with Crippen LogP contribution in [0.5, 0.6) is 5.75 Å². The molecular weight excluding hydrogens is 386 g/mol. The Bertz CT molecular complexity index is 1090. The summed E-state index contributed by atoms with van der Waals surface area (Å²) in [6.07, 6.45) is -0.678. The van der Waals surface area contributed by atoms with Crippen LogP contribution in [0, 0.1) is 13.8 Å². The van der Waals surface area contributed by atoms with E-state index in [0.717, 1.165) is 26.7 Å². The molecule has 0 saturated heterocycles. The first kappa shape index (κ1) is 19.1. The van der Waals surface area contributed by atoms with Crippen molar-refractivity contribution in [3.8, 4) is 16.3 Å². The Balaban J connectivity index is 1.70. The number of nitrogens with zero attached hydrogens (tertiary/aromatic N) is 3. The second-order valence-electron chi connectivity index (χ2n) is 6.78. The van der Waals surface area contributed by atoms with Gasteiger partial charge in [-0.1, -0.05) is 42.0 Å². The number of carbonyl (C=O) groups is 1. The predicted octanol–water partition coefficient (Wildman–Crippen LogP) is 4.67. The molecular formula is C22H21N3O3S. The molecule has 0 bridgehead atoms. The number of aryl methyl sites for hydroxylation is 2. The lowest BCUT2D eigenvalue weighted by Crippen LogP contribution is -2.25. The second kappa shape index (κ2) is 7.67. The zero-order valence-electron chi connectivity index (χ0n) is 16.7. The first-order valence-electron chi connectivity index (χ1n) is 9.20. The first-order chi connectivity index (χ1) is 14.0. The average molecular weight is 407 g/mol. The fourth-order valence-electron chi connectivity index (χ4n) is 3.14. The van der Waals surface area contributed by atoms with Crippen LogP contribution in [0.25, 0.3) is 10.6 Å². The summed E-state index contributed by atoms with van der Waals surface area (Å²) in [5.74, 6) is 0.822. The molecule has 0 saturated carbocycles. The van der Waals surface area contributed by atoms with E-state index < -0.39 is 6.23 Å². The summed E-state index contributed by atoms with van der Waals surface area (Å²) in [4.78, 5) is 17.7. The van der Waals surface area contributed by atoms with Crippen molar-refractivity contribution in [3.05, 3.63) is 70.2 Å². The van der Waals surface area contributed by atoms with E-state index in [0.29, 0.717) is 11.6 Å². The molecule has 1 aliphatic heterocycles. The van der Waals surface area contributed by atoms with Crippen LogP contribution < -0.4 is 4.74 Å². The molecule has 1 amide bonds. The fraction of sp³-hybridized carbons (Fsp3) is 0.227. The molecule has 1 aromatic heterocycles. The van der Waals surface area contributed by atoms with Crippen LogP contribution in [-0.4, -0.2) is 28.9 Å². The maximum Gasteiger partial charge on any atom is 0.253 e. The Hall–Kier alpha value is -3.19. The van der Waals surface area contributed by atoms with Crippen LogP contribution in [0.1, 0.15) is 34.8 Å². The molecule has 0 spiro atoms. The number of thiazole rings is 1. The van der Waals surface area contributed by atoms with Gasteiger partial charge in [0.25, 0.3) is 5.90 Å². The third-order valence-corrected chi connectivity index (χ3v) is 5.86. The van der Waals surface area contributed by atoms with Crippen molar-refractivity contribution < 1.29 is 14.3 Å². The lowest BCUT2D eigenvalue weighted by molar-refractivity contribution is -0.135. The number of benzene rings is 2. The maximum atomic E-state index is 12.2. The summed E-state index contributed by atoms with van der Waals surface area (Å²) in [5.41, 5.74) is 3.79. The first-order valence-corrected chi connectivity index (χ1v) is 10.0. The van der Waals surface area contributed by atoms with Gasteiger partial charge in [0.15, 0.2) is 0 Å². The summed E-state index contributed by atoms with van der Waals surface area (Å²) >= 11 is 1.50. The molecule has 1 atom stereocenters. The molecule has 2 aromatic carbocycles. The van der Waals surface area contributed by atoms with Crippen molar-refractivity contribution in [2.45, 2.75) is 27.0 Å². The molecule has 3 aromatic rings. The molecule has 1 aliphatic rings. The summed E-state index contributed by atoms with van der Waals surface area (Å²) in [5, 5.41) is 6.70. The van der Waals surface area contributed by atoms with Gasteiger partial charge in [0.1, 0.15) is 15.6 Å². The summed E-state index contributed by atoms with van der Waals surface area (Å²) < 4.78 is 11.6. The van der Waals surface area contributed by atoms with E-state index in [9.17, 15) is 4.79 Å². The lowest BCUT2D eigenvalue weighted by atomic mass is 10.1. The number of para-hydroxylation sites is 1. The van der Waals surface area contributed by atoms with E-state index in [4.69, 9.17) is 9.47 Å². The second-order valence-corrected chi connectivity index (χ2v) is 7.78. The predicted molar refractivity (Wildman–Crippen MR) is 113 cm³/mol. The Morgan fingerprint density at radius 1 is 1.14 bits per heavy atom. The van der Waals surface area contributed by atoms with Crippen molar-refractivity contribution in [3.63, 3.8) is 0 Å². The van der Waals surface area contributed by atoms with Crippen LogP contribution in [0.2, 0.25) is 0 Å². The van der Waals surface area contributed by atoms with Gasteiger partial charge in [-0.05, 0) is 26.0 Å². The van der Waals surface area contributed by atoms with E-state index in [-0.39, 0.29) is 5.91 Å². The van der Waals surface area contributed by atoms with Gasteiger partial charge >= 0.3 is 0 Å². The van der Waals surface area contributed by atoms with Crippen molar-refractivity contribution in [2.24, 2.45) is 5.10 Å². The molecule has 148 valence electrons. The van der Waals surface area contributed by atoms with Gasteiger partial charge in [-0.15, -0.1) is 16.4 Å². The third-order valence-electron chi connectivity index (χ3n) is 4.66. The van der Waals surface area contributed by atoms with E-state index in [1.54, 1.807) is 7.11 Å². The highest BCUT2D eigenvalue weighted by Crippen LogP contribution is 2.37. The smallest absolute Gasteiger partial charge is 0.253 e. The van der Waals surface area contributed by atoms with E-state index in [1.807, 2.05) is 43.3 Å². The van der Waals surface area contributed by atoms with Gasteiger partial charge in [0.05, 0.1) is 18.4 Å². The van der Waals surface area contributed by atoms with Crippen LogP contribution >= 0.6 is 11.3 Å². The highest BCUT2D eigenvalue weighted by Gasteiger charge is 2.36. The summed E-state index contributed by atoms with van der Waals surface area (Å²) in [7, 11) is 1.59. The minimum Gasteiger partial charge on any atom is -0.496 e. The molecule has 4 rings (SSSR count). The van der Waals surface area contributed by atoms with Gasteiger partial charge in [0, 0.05) is 12.5 Å².